The number of hydrogen-bond acceptors (Lipinski definition) is 6. The Morgan fingerprint density at radius 2 is 1.42 bits per heavy atom. The monoisotopic (exact) mass is 443 g/mol. The van der Waals surface area contributed by atoms with E-state index in [0.717, 1.165) is 6.42 Å². The Bertz CT molecular complexity index is 599. The Balaban J connectivity index is 5.38. The maximum atomic E-state index is 13.0. The van der Waals surface area contributed by atoms with Gasteiger partial charge in [0.1, 0.15) is 18.1 Å². The van der Waals surface area contributed by atoms with Gasteiger partial charge in [0.2, 0.25) is 17.7 Å². The van der Waals surface area contributed by atoms with E-state index in [1.807, 2.05) is 27.7 Å². The molecule has 0 heterocycles. The van der Waals surface area contributed by atoms with Crippen molar-refractivity contribution in [1.29, 1.82) is 0 Å². The molecular formula is C21H41N5O5. The Morgan fingerprint density at radius 3 is 1.90 bits per heavy atom. The van der Waals surface area contributed by atoms with Gasteiger partial charge in [-0.1, -0.05) is 34.1 Å². The van der Waals surface area contributed by atoms with Gasteiger partial charge in [0.15, 0.2) is 0 Å². The van der Waals surface area contributed by atoms with Gasteiger partial charge in [0, 0.05) is 0 Å². The van der Waals surface area contributed by atoms with Crippen LogP contribution < -0.4 is 27.4 Å². The van der Waals surface area contributed by atoms with E-state index in [0.29, 0.717) is 32.2 Å². The van der Waals surface area contributed by atoms with E-state index < -0.39 is 47.9 Å². The Hall–Kier alpha value is -2.20. The lowest BCUT2D eigenvalue weighted by Crippen LogP contribution is -2.57. The number of hydrogen-bond donors (Lipinski definition) is 6. The first-order valence-corrected chi connectivity index (χ1v) is 11.0. The standard InChI is InChI=1S/C21H41N5O5/c1-6-13(4)17(23)20(29)25-15(9-7-8-10-22)18(27)26-16(11-12(2)3)19(28)24-14(5)21(30)31/h12-17H,6-11,22-23H2,1-5H3,(H,24,28)(H,25,29)(H,26,27)(H,30,31). The van der Waals surface area contributed by atoms with Crippen LogP contribution in [0.5, 0.6) is 0 Å². The van der Waals surface area contributed by atoms with Crippen LogP contribution in [0.1, 0.15) is 66.7 Å². The molecule has 0 aromatic rings. The highest BCUT2D eigenvalue weighted by Crippen LogP contribution is 2.10. The molecule has 0 bridgehead atoms. The minimum Gasteiger partial charge on any atom is -0.480 e. The molecule has 0 radical (unpaired) electrons. The van der Waals surface area contributed by atoms with Crippen LogP contribution in [0.4, 0.5) is 0 Å². The highest BCUT2D eigenvalue weighted by Gasteiger charge is 2.30. The van der Waals surface area contributed by atoms with E-state index in [2.05, 4.69) is 16.0 Å². The third-order valence-electron chi connectivity index (χ3n) is 5.21. The maximum Gasteiger partial charge on any atom is 0.325 e. The number of rotatable bonds is 15. The van der Waals surface area contributed by atoms with E-state index in [1.54, 1.807) is 0 Å². The maximum absolute atomic E-state index is 13.0. The van der Waals surface area contributed by atoms with E-state index in [-0.39, 0.29) is 11.8 Å². The second-order valence-electron chi connectivity index (χ2n) is 8.52. The molecule has 10 nitrogen and oxygen atoms in total. The largest absolute Gasteiger partial charge is 0.480 e. The van der Waals surface area contributed by atoms with Crippen LogP contribution in [-0.4, -0.2) is 59.5 Å². The molecule has 10 heteroatoms. The normalized spacial score (nSPS) is 16.0. The minimum absolute atomic E-state index is 0.0512. The van der Waals surface area contributed by atoms with Crippen molar-refractivity contribution < 1.29 is 24.3 Å². The van der Waals surface area contributed by atoms with E-state index >= 15 is 0 Å². The van der Waals surface area contributed by atoms with Crippen molar-refractivity contribution in [2.24, 2.45) is 23.3 Å². The van der Waals surface area contributed by atoms with Crippen LogP contribution in [0, 0.1) is 11.8 Å². The molecule has 0 fully saturated rings. The third kappa shape index (κ3) is 11.1. The first kappa shape index (κ1) is 28.8. The lowest BCUT2D eigenvalue weighted by molar-refractivity contribution is -0.142. The zero-order valence-corrected chi connectivity index (χ0v) is 19.4. The molecule has 5 atom stereocenters. The van der Waals surface area contributed by atoms with Gasteiger partial charge in [-0.15, -0.1) is 0 Å². The molecule has 0 aromatic heterocycles. The zero-order valence-electron chi connectivity index (χ0n) is 19.4. The zero-order chi connectivity index (χ0) is 24.1. The molecule has 0 saturated carbocycles. The number of carboxylic acids is 1. The predicted molar refractivity (Wildman–Crippen MR) is 119 cm³/mol. The van der Waals surface area contributed by atoms with Crippen molar-refractivity contribution in [3.8, 4) is 0 Å². The first-order chi connectivity index (χ1) is 14.4. The fourth-order valence-corrected chi connectivity index (χ4v) is 2.89. The summed E-state index contributed by atoms with van der Waals surface area (Å²) in [6.07, 6.45) is 2.69. The minimum atomic E-state index is -1.17. The lowest BCUT2D eigenvalue weighted by Gasteiger charge is -2.26. The molecule has 0 aliphatic rings. The fraction of sp³-hybridized carbons (Fsp3) is 0.810. The highest BCUT2D eigenvalue weighted by molar-refractivity contribution is 5.94. The third-order valence-corrected chi connectivity index (χ3v) is 5.21. The van der Waals surface area contributed by atoms with Crippen LogP contribution in [0.3, 0.4) is 0 Å². The van der Waals surface area contributed by atoms with Gasteiger partial charge in [-0.05, 0) is 51.0 Å². The molecule has 5 unspecified atom stereocenters. The molecule has 3 amide bonds. The van der Waals surface area contributed by atoms with Gasteiger partial charge in [-0.25, -0.2) is 0 Å². The topological polar surface area (TPSA) is 177 Å². The van der Waals surface area contributed by atoms with Crippen LogP contribution >= 0.6 is 0 Å². The Kier molecular flexibility index (Phi) is 13.7. The Labute approximate surface area is 185 Å². The summed E-state index contributed by atoms with van der Waals surface area (Å²) in [7, 11) is 0. The average Bonchev–Trinajstić information content (AvgIpc) is 2.70. The second-order valence-corrected chi connectivity index (χ2v) is 8.52. The summed E-state index contributed by atoms with van der Waals surface area (Å²) >= 11 is 0. The SMILES string of the molecule is CCC(C)C(N)C(=O)NC(CCCCN)C(=O)NC(CC(C)C)C(=O)NC(C)C(=O)O. The molecule has 31 heavy (non-hydrogen) atoms. The van der Waals surface area contributed by atoms with Crippen molar-refractivity contribution in [3.05, 3.63) is 0 Å². The molecule has 0 spiro atoms. The van der Waals surface area contributed by atoms with Crippen molar-refractivity contribution in [1.82, 2.24) is 16.0 Å². The number of carbonyl (C=O) groups is 4. The van der Waals surface area contributed by atoms with E-state index in [1.165, 1.54) is 6.92 Å². The molecule has 0 aliphatic heterocycles. The molecule has 0 aliphatic carbocycles. The Morgan fingerprint density at radius 1 is 0.871 bits per heavy atom. The number of amides is 3. The van der Waals surface area contributed by atoms with Gasteiger partial charge in [0.05, 0.1) is 6.04 Å². The highest BCUT2D eigenvalue weighted by atomic mass is 16.4. The lowest BCUT2D eigenvalue weighted by atomic mass is 9.98. The van der Waals surface area contributed by atoms with Gasteiger partial charge < -0.3 is 32.5 Å². The van der Waals surface area contributed by atoms with Crippen molar-refractivity contribution in [2.75, 3.05) is 6.54 Å². The first-order valence-electron chi connectivity index (χ1n) is 11.0. The number of nitrogens with two attached hydrogens (primary N) is 2. The summed E-state index contributed by atoms with van der Waals surface area (Å²) in [6.45, 7) is 9.37. The van der Waals surface area contributed by atoms with Gasteiger partial charge in [-0.3, -0.25) is 19.2 Å². The average molecular weight is 444 g/mol. The summed E-state index contributed by atoms with van der Waals surface area (Å²) in [5, 5.41) is 16.8. The number of nitrogens with one attached hydrogen (secondary N) is 3. The predicted octanol–water partition coefficient (Wildman–Crippen LogP) is 0.0938. The molecular weight excluding hydrogens is 402 g/mol. The van der Waals surface area contributed by atoms with Crippen molar-refractivity contribution in [3.63, 3.8) is 0 Å². The number of unbranched alkanes of at least 4 members (excludes halogenated alkanes) is 1. The van der Waals surface area contributed by atoms with Crippen LogP contribution in [0.25, 0.3) is 0 Å². The van der Waals surface area contributed by atoms with Gasteiger partial charge in [-0.2, -0.15) is 0 Å². The smallest absolute Gasteiger partial charge is 0.325 e. The molecule has 8 N–H and O–H groups in total. The summed E-state index contributed by atoms with van der Waals surface area (Å²) in [5.74, 6) is -2.67. The molecule has 0 aromatic carbocycles. The molecule has 0 rings (SSSR count). The second kappa shape index (κ2) is 14.7. The molecule has 180 valence electrons. The van der Waals surface area contributed by atoms with Crippen molar-refractivity contribution >= 4 is 23.7 Å². The van der Waals surface area contributed by atoms with Crippen LogP contribution in [0.15, 0.2) is 0 Å². The summed E-state index contributed by atoms with van der Waals surface area (Å²) in [4.78, 5) is 49.1. The summed E-state index contributed by atoms with van der Waals surface area (Å²) < 4.78 is 0. The number of aliphatic carboxylic acids is 1. The van der Waals surface area contributed by atoms with Crippen LogP contribution in [-0.2, 0) is 19.2 Å². The summed E-state index contributed by atoms with van der Waals surface area (Å²) in [5.41, 5.74) is 11.5. The number of carbonyl (C=O) groups excluding carboxylic acids is 3. The quantitative estimate of drug-likeness (QED) is 0.194. The van der Waals surface area contributed by atoms with Crippen LogP contribution in [0.2, 0.25) is 0 Å². The fourth-order valence-electron chi connectivity index (χ4n) is 2.89. The van der Waals surface area contributed by atoms with E-state index in [4.69, 9.17) is 16.6 Å². The van der Waals surface area contributed by atoms with E-state index in [9.17, 15) is 19.2 Å². The summed E-state index contributed by atoms with van der Waals surface area (Å²) in [6, 6.07) is -3.63. The van der Waals surface area contributed by atoms with Gasteiger partial charge in [0.25, 0.3) is 0 Å². The number of carboxylic acid groups (broad SMARTS) is 1. The molecule has 0 saturated heterocycles. The van der Waals surface area contributed by atoms with Crippen molar-refractivity contribution in [2.45, 2.75) is 90.9 Å². The van der Waals surface area contributed by atoms with Gasteiger partial charge >= 0.3 is 5.97 Å².